The number of benzene rings is 2. The monoisotopic (exact) mass is 383 g/mol. The number of para-hydroxylation sites is 1. The van der Waals surface area contributed by atoms with Crippen LogP contribution in [0.5, 0.6) is 5.75 Å². The van der Waals surface area contributed by atoms with E-state index >= 15 is 0 Å². The Morgan fingerprint density at radius 3 is 2.50 bits per heavy atom. The zero-order valence-corrected chi connectivity index (χ0v) is 16.3. The summed E-state index contributed by atoms with van der Waals surface area (Å²) in [6, 6.07) is 10.7. The molecule has 146 valence electrons. The van der Waals surface area contributed by atoms with E-state index in [1.807, 2.05) is 26.0 Å². The van der Waals surface area contributed by atoms with Gasteiger partial charge in [-0.1, -0.05) is 19.1 Å². The van der Waals surface area contributed by atoms with E-state index < -0.39 is 0 Å². The molecule has 2 aromatic carbocycles. The highest BCUT2D eigenvalue weighted by Gasteiger charge is 2.19. The molecule has 0 amide bonds. The third kappa shape index (κ3) is 3.60. The van der Waals surface area contributed by atoms with Gasteiger partial charge < -0.3 is 4.74 Å². The second-order valence-corrected chi connectivity index (χ2v) is 6.69. The van der Waals surface area contributed by atoms with E-state index in [1.165, 1.54) is 4.68 Å². The van der Waals surface area contributed by atoms with Crippen molar-refractivity contribution in [2.45, 2.75) is 33.8 Å². The summed E-state index contributed by atoms with van der Waals surface area (Å²) in [7, 11) is 1.56. The third-order valence-electron chi connectivity index (χ3n) is 4.80. The largest absolute Gasteiger partial charge is 0.488 e. The summed E-state index contributed by atoms with van der Waals surface area (Å²) in [5.74, 6) is 0.255. The number of ether oxygens (including phenoxy) is 1. The zero-order valence-electron chi connectivity index (χ0n) is 16.3. The number of nitrogens with zero attached hydrogens (tertiary/aromatic N) is 3. The standard InChI is InChI=1S/C21H22FN3O3/c1-5-15-7-6-8-17(20(15)25(26)27)12-28-18-10-9-16(11-13(18)2)19-14(3)21(22)24(4)23-19/h6-11H,5,12H2,1-4H3. The van der Waals surface area contributed by atoms with Gasteiger partial charge in [0.2, 0.25) is 5.95 Å². The third-order valence-corrected chi connectivity index (χ3v) is 4.80. The summed E-state index contributed by atoms with van der Waals surface area (Å²) >= 11 is 0. The quantitative estimate of drug-likeness (QED) is 0.449. The predicted molar refractivity (Wildman–Crippen MR) is 105 cm³/mol. The SMILES string of the molecule is CCc1cccc(COc2ccc(-c3nn(C)c(F)c3C)cc2C)c1[N+](=O)[O-]. The van der Waals surface area contributed by atoms with E-state index in [0.29, 0.717) is 34.6 Å². The highest BCUT2D eigenvalue weighted by atomic mass is 19.1. The molecule has 0 unspecified atom stereocenters. The molecule has 0 spiro atoms. The van der Waals surface area contributed by atoms with Crippen LogP contribution in [0.15, 0.2) is 36.4 Å². The fourth-order valence-electron chi connectivity index (χ4n) is 3.28. The van der Waals surface area contributed by atoms with Gasteiger partial charge in [0.05, 0.1) is 16.2 Å². The maximum atomic E-state index is 13.9. The Morgan fingerprint density at radius 2 is 1.93 bits per heavy atom. The van der Waals surface area contributed by atoms with Gasteiger partial charge in [0, 0.05) is 23.7 Å². The molecule has 6 nitrogen and oxygen atoms in total. The van der Waals surface area contributed by atoms with E-state index in [2.05, 4.69) is 5.10 Å². The van der Waals surface area contributed by atoms with Crippen LogP contribution in [0.3, 0.4) is 0 Å². The molecule has 0 atom stereocenters. The van der Waals surface area contributed by atoms with Gasteiger partial charge in [-0.3, -0.25) is 10.1 Å². The maximum absolute atomic E-state index is 13.9. The lowest BCUT2D eigenvalue weighted by atomic mass is 10.0. The Bertz CT molecular complexity index is 1040. The molecule has 3 aromatic rings. The highest BCUT2D eigenvalue weighted by molar-refractivity contribution is 5.65. The summed E-state index contributed by atoms with van der Waals surface area (Å²) in [6.45, 7) is 5.56. The smallest absolute Gasteiger partial charge is 0.279 e. The molecule has 1 aromatic heterocycles. The fourth-order valence-corrected chi connectivity index (χ4v) is 3.28. The van der Waals surface area contributed by atoms with Crippen molar-refractivity contribution in [2.75, 3.05) is 0 Å². The Kier molecular flexibility index (Phi) is 5.44. The number of aryl methyl sites for hydroxylation is 3. The number of rotatable bonds is 6. The first-order valence-electron chi connectivity index (χ1n) is 9.01. The van der Waals surface area contributed by atoms with Gasteiger partial charge in [-0.25, -0.2) is 4.68 Å². The van der Waals surface area contributed by atoms with Crippen molar-refractivity contribution < 1.29 is 14.1 Å². The van der Waals surface area contributed by atoms with Gasteiger partial charge >= 0.3 is 0 Å². The molecular weight excluding hydrogens is 361 g/mol. The summed E-state index contributed by atoms with van der Waals surface area (Å²) in [5.41, 5.74) is 4.04. The van der Waals surface area contributed by atoms with Crippen LogP contribution in [-0.2, 0) is 20.1 Å². The summed E-state index contributed by atoms with van der Waals surface area (Å²) < 4.78 is 21.0. The molecule has 1 heterocycles. The minimum Gasteiger partial charge on any atom is -0.488 e. The van der Waals surface area contributed by atoms with Crippen LogP contribution in [0.4, 0.5) is 10.1 Å². The van der Waals surface area contributed by atoms with E-state index in [1.54, 1.807) is 38.2 Å². The van der Waals surface area contributed by atoms with Crippen LogP contribution in [0, 0.1) is 29.9 Å². The number of nitro benzene ring substituents is 1. The normalized spacial score (nSPS) is 10.9. The first-order chi connectivity index (χ1) is 13.3. The van der Waals surface area contributed by atoms with Crippen molar-refractivity contribution in [1.29, 1.82) is 0 Å². The van der Waals surface area contributed by atoms with Crippen LogP contribution >= 0.6 is 0 Å². The number of hydrogen-bond donors (Lipinski definition) is 0. The first-order valence-corrected chi connectivity index (χ1v) is 9.01. The van der Waals surface area contributed by atoms with Gasteiger partial charge in [0.15, 0.2) is 0 Å². The van der Waals surface area contributed by atoms with Gasteiger partial charge in [0.25, 0.3) is 5.69 Å². The molecule has 0 saturated heterocycles. The molecule has 0 fully saturated rings. The second kappa shape index (κ2) is 7.80. The van der Waals surface area contributed by atoms with Crippen molar-refractivity contribution in [3.8, 4) is 17.0 Å². The van der Waals surface area contributed by atoms with E-state index in [-0.39, 0.29) is 23.2 Å². The predicted octanol–water partition coefficient (Wildman–Crippen LogP) is 4.89. The van der Waals surface area contributed by atoms with Crippen molar-refractivity contribution in [3.05, 3.63) is 74.7 Å². The Labute approximate surface area is 162 Å². The van der Waals surface area contributed by atoms with E-state index in [0.717, 1.165) is 11.1 Å². The van der Waals surface area contributed by atoms with Crippen LogP contribution in [0.2, 0.25) is 0 Å². The van der Waals surface area contributed by atoms with Crippen LogP contribution in [0.1, 0.15) is 29.2 Å². The lowest BCUT2D eigenvalue weighted by Crippen LogP contribution is -2.04. The molecule has 28 heavy (non-hydrogen) atoms. The van der Waals surface area contributed by atoms with Gasteiger partial charge in [-0.2, -0.15) is 9.49 Å². The number of nitro groups is 1. The number of aromatic nitrogens is 2. The van der Waals surface area contributed by atoms with Crippen molar-refractivity contribution in [1.82, 2.24) is 9.78 Å². The molecular formula is C21H22FN3O3. The Morgan fingerprint density at radius 1 is 1.21 bits per heavy atom. The molecule has 0 aliphatic heterocycles. The molecule has 0 aliphatic carbocycles. The Hall–Kier alpha value is -3.22. The van der Waals surface area contributed by atoms with Crippen molar-refractivity contribution in [3.63, 3.8) is 0 Å². The molecule has 3 rings (SSSR count). The summed E-state index contributed by atoms with van der Waals surface area (Å²) in [6.07, 6.45) is 0.581. The Balaban J connectivity index is 1.85. The fraction of sp³-hybridized carbons (Fsp3) is 0.286. The van der Waals surface area contributed by atoms with Crippen LogP contribution in [0.25, 0.3) is 11.3 Å². The molecule has 0 saturated carbocycles. The minimum atomic E-state index is -0.365. The highest BCUT2D eigenvalue weighted by Crippen LogP contribution is 2.30. The molecule has 7 heteroatoms. The zero-order chi connectivity index (χ0) is 20.4. The summed E-state index contributed by atoms with van der Waals surface area (Å²) in [4.78, 5) is 11.1. The molecule has 0 aliphatic rings. The molecule has 0 radical (unpaired) electrons. The van der Waals surface area contributed by atoms with Gasteiger partial charge in [-0.15, -0.1) is 0 Å². The molecule has 0 N–H and O–H groups in total. The average Bonchev–Trinajstić information content (AvgIpc) is 2.93. The topological polar surface area (TPSA) is 70.2 Å². The van der Waals surface area contributed by atoms with Crippen LogP contribution in [-0.4, -0.2) is 14.7 Å². The van der Waals surface area contributed by atoms with E-state index in [9.17, 15) is 14.5 Å². The lowest BCUT2D eigenvalue weighted by molar-refractivity contribution is -0.386. The lowest BCUT2D eigenvalue weighted by Gasteiger charge is -2.12. The van der Waals surface area contributed by atoms with Gasteiger partial charge in [-0.05, 0) is 50.1 Å². The van der Waals surface area contributed by atoms with Crippen LogP contribution < -0.4 is 4.74 Å². The van der Waals surface area contributed by atoms with E-state index in [4.69, 9.17) is 4.74 Å². The first kappa shape index (κ1) is 19.5. The number of hydrogen-bond acceptors (Lipinski definition) is 4. The summed E-state index contributed by atoms with van der Waals surface area (Å²) in [5, 5.41) is 15.7. The van der Waals surface area contributed by atoms with Gasteiger partial charge in [0.1, 0.15) is 12.4 Å². The molecule has 0 bridgehead atoms. The number of halogens is 1. The second-order valence-electron chi connectivity index (χ2n) is 6.69. The minimum absolute atomic E-state index is 0.0988. The maximum Gasteiger partial charge on any atom is 0.279 e. The van der Waals surface area contributed by atoms with Crippen molar-refractivity contribution >= 4 is 5.69 Å². The average molecular weight is 383 g/mol. The van der Waals surface area contributed by atoms with Crippen molar-refractivity contribution in [2.24, 2.45) is 7.05 Å².